The summed E-state index contributed by atoms with van der Waals surface area (Å²) in [5.74, 6) is -0.468. The molecule has 0 aromatic heterocycles. The van der Waals surface area contributed by atoms with Gasteiger partial charge in [-0.3, -0.25) is 4.79 Å². The zero-order valence-corrected chi connectivity index (χ0v) is 15.3. The lowest BCUT2D eigenvalue weighted by molar-refractivity contribution is -0.191. The number of hydrogen-bond acceptors (Lipinski definition) is 4. The molecule has 3 fully saturated rings. The molecule has 0 radical (unpaired) electrons. The molecule has 3 saturated carbocycles. The van der Waals surface area contributed by atoms with E-state index >= 15 is 0 Å². The molecule has 0 amide bonds. The lowest BCUT2D eigenvalue weighted by atomic mass is 9.44. The molecule has 4 nitrogen and oxygen atoms in total. The van der Waals surface area contributed by atoms with Crippen molar-refractivity contribution in [2.45, 2.75) is 71.7 Å². The number of aliphatic hydroxyl groups is 3. The number of carbonyl (C=O) groups is 1. The molecule has 0 unspecified atom stereocenters. The van der Waals surface area contributed by atoms with Crippen LogP contribution in [0.2, 0.25) is 0 Å². The topological polar surface area (TPSA) is 77.8 Å². The second-order valence-corrected chi connectivity index (χ2v) is 9.26. The number of aliphatic hydroxyl groups excluding tert-OH is 3. The molecule has 24 heavy (non-hydrogen) atoms. The van der Waals surface area contributed by atoms with Crippen LogP contribution in [-0.4, -0.2) is 39.4 Å². The first-order valence-electron chi connectivity index (χ1n) is 9.26. The summed E-state index contributed by atoms with van der Waals surface area (Å²) in [7, 11) is 0. The first kappa shape index (κ1) is 18.1. The van der Waals surface area contributed by atoms with E-state index < -0.39 is 40.5 Å². The summed E-state index contributed by atoms with van der Waals surface area (Å²) >= 11 is 0. The van der Waals surface area contributed by atoms with Gasteiger partial charge in [-0.2, -0.15) is 0 Å². The number of Topliss-reactive ketones (excluding diaryl/α,β-unsaturated/α-hetero) is 1. The third kappa shape index (κ3) is 1.99. The van der Waals surface area contributed by atoms with Gasteiger partial charge >= 0.3 is 0 Å². The van der Waals surface area contributed by atoms with E-state index in [9.17, 15) is 20.1 Å². The summed E-state index contributed by atoms with van der Waals surface area (Å²) < 4.78 is 0. The van der Waals surface area contributed by atoms with Crippen LogP contribution in [0.4, 0.5) is 0 Å². The van der Waals surface area contributed by atoms with Crippen molar-refractivity contribution in [1.82, 2.24) is 0 Å². The van der Waals surface area contributed by atoms with Gasteiger partial charge in [-0.15, -0.1) is 6.58 Å². The maximum absolute atomic E-state index is 12.9. The lowest BCUT2D eigenvalue weighted by Gasteiger charge is -2.61. The Kier molecular flexibility index (Phi) is 4.06. The molecule has 0 aromatic rings. The molecule has 0 heterocycles. The highest BCUT2D eigenvalue weighted by Crippen LogP contribution is 2.67. The van der Waals surface area contributed by atoms with Crippen molar-refractivity contribution in [1.29, 1.82) is 0 Å². The zero-order valence-electron chi connectivity index (χ0n) is 15.3. The Balaban J connectivity index is 2.23. The minimum absolute atomic E-state index is 0.133. The van der Waals surface area contributed by atoms with Crippen molar-refractivity contribution in [2.75, 3.05) is 0 Å². The van der Waals surface area contributed by atoms with Crippen LogP contribution in [0.15, 0.2) is 12.7 Å². The molecule has 3 N–H and O–H groups in total. The monoisotopic (exact) mass is 336 g/mol. The molecular weight excluding hydrogens is 304 g/mol. The fourth-order valence-corrected chi connectivity index (χ4v) is 6.35. The Morgan fingerprint density at radius 3 is 2.38 bits per heavy atom. The van der Waals surface area contributed by atoms with Crippen LogP contribution in [0.5, 0.6) is 0 Å². The average molecular weight is 336 g/mol. The van der Waals surface area contributed by atoms with Gasteiger partial charge in [0.25, 0.3) is 0 Å². The number of carbonyl (C=O) groups excluding carboxylic acids is 1. The van der Waals surface area contributed by atoms with Crippen LogP contribution >= 0.6 is 0 Å². The number of rotatable bonds is 1. The minimum Gasteiger partial charge on any atom is -0.392 e. The maximum atomic E-state index is 12.9. The van der Waals surface area contributed by atoms with E-state index in [1.54, 1.807) is 6.08 Å². The molecule has 3 rings (SSSR count). The Morgan fingerprint density at radius 2 is 1.79 bits per heavy atom. The SMILES string of the molecule is C=C[C@]1(C)C[C@@H](O)[C@]2(C)[C@H](C)CC[C@]3(C[C@H](O)C(=O)[C@H]32)[C@@H](C)[C@@H]1O. The minimum atomic E-state index is -0.977. The normalized spacial score (nSPS) is 57.9. The summed E-state index contributed by atoms with van der Waals surface area (Å²) in [4.78, 5) is 12.9. The van der Waals surface area contributed by atoms with Gasteiger partial charge in [-0.05, 0) is 42.9 Å². The second-order valence-electron chi connectivity index (χ2n) is 9.26. The Bertz CT molecular complexity index is 560. The molecule has 0 aliphatic heterocycles. The maximum Gasteiger partial charge on any atom is 0.165 e. The van der Waals surface area contributed by atoms with Crippen LogP contribution in [0, 0.1) is 34.0 Å². The van der Waals surface area contributed by atoms with E-state index in [2.05, 4.69) is 13.5 Å². The van der Waals surface area contributed by atoms with Gasteiger partial charge in [-0.25, -0.2) is 0 Å². The number of ketones is 1. The Labute approximate surface area is 145 Å². The van der Waals surface area contributed by atoms with Gasteiger partial charge in [-0.1, -0.05) is 33.8 Å². The van der Waals surface area contributed by atoms with Crippen molar-refractivity contribution in [3.05, 3.63) is 12.7 Å². The molecule has 0 saturated heterocycles. The van der Waals surface area contributed by atoms with E-state index in [1.165, 1.54) is 0 Å². The molecule has 3 aliphatic carbocycles. The first-order chi connectivity index (χ1) is 11.0. The largest absolute Gasteiger partial charge is 0.392 e. The van der Waals surface area contributed by atoms with Gasteiger partial charge in [0, 0.05) is 16.7 Å². The number of hydrogen-bond donors (Lipinski definition) is 3. The summed E-state index contributed by atoms with van der Waals surface area (Å²) in [5.41, 5.74) is -1.62. The predicted octanol–water partition coefficient (Wildman–Crippen LogP) is 2.31. The molecular formula is C20H32O4. The van der Waals surface area contributed by atoms with Crippen LogP contribution in [0.25, 0.3) is 0 Å². The average Bonchev–Trinajstić information content (AvgIpc) is 2.81. The Morgan fingerprint density at radius 1 is 1.17 bits per heavy atom. The van der Waals surface area contributed by atoms with E-state index in [0.29, 0.717) is 12.8 Å². The van der Waals surface area contributed by atoms with E-state index in [4.69, 9.17) is 0 Å². The zero-order chi connectivity index (χ0) is 18.1. The highest BCUT2D eigenvalue weighted by Gasteiger charge is 2.69. The van der Waals surface area contributed by atoms with Crippen molar-refractivity contribution < 1.29 is 20.1 Å². The Hall–Kier alpha value is -0.710. The van der Waals surface area contributed by atoms with Gasteiger partial charge in [0.15, 0.2) is 5.78 Å². The quantitative estimate of drug-likeness (QED) is 0.642. The highest BCUT2D eigenvalue weighted by molar-refractivity contribution is 5.89. The summed E-state index contributed by atoms with van der Waals surface area (Å²) in [6.45, 7) is 12.0. The van der Waals surface area contributed by atoms with Crippen LogP contribution in [0.1, 0.15) is 53.4 Å². The van der Waals surface area contributed by atoms with Crippen LogP contribution < -0.4 is 0 Å². The summed E-state index contributed by atoms with van der Waals surface area (Å²) in [6, 6.07) is 0. The fraction of sp³-hybridized carbons (Fsp3) is 0.850. The van der Waals surface area contributed by atoms with Crippen molar-refractivity contribution in [3.8, 4) is 0 Å². The molecule has 9 atom stereocenters. The van der Waals surface area contributed by atoms with Gasteiger partial charge in [0.2, 0.25) is 0 Å². The van der Waals surface area contributed by atoms with Crippen molar-refractivity contribution in [2.24, 2.45) is 34.0 Å². The van der Waals surface area contributed by atoms with Gasteiger partial charge in [0.05, 0.1) is 12.2 Å². The molecule has 136 valence electrons. The third-order valence-electron chi connectivity index (χ3n) is 8.36. The smallest absolute Gasteiger partial charge is 0.165 e. The van der Waals surface area contributed by atoms with Crippen molar-refractivity contribution >= 4 is 5.78 Å². The first-order valence-corrected chi connectivity index (χ1v) is 9.26. The third-order valence-corrected chi connectivity index (χ3v) is 8.36. The predicted molar refractivity (Wildman–Crippen MR) is 92.2 cm³/mol. The lowest BCUT2D eigenvalue weighted by Crippen LogP contribution is -2.62. The van der Waals surface area contributed by atoms with E-state index in [0.717, 1.165) is 12.8 Å². The molecule has 2 bridgehead atoms. The van der Waals surface area contributed by atoms with Gasteiger partial charge in [0.1, 0.15) is 6.10 Å². The van der Waals surface area contributed by atoms with E-state index in [-0.39, 0.29) is 17.6 Å². The fourth-order valence-electron chi connectivity index (χ4n) is 6.35. The highest BCUT2D eigenvalue weighted by atomic mass is 16.3. The molecule has 3 aliphatic rings. The van der Waals surface area contributed by atoms with Crippen LogP contribution in [-0.2, 0) is 4.79 Å². The molecule has 4 heteroatoms. The second kappa shape index (κ2) is 5.39. The standard InChI is InChI=1S/C20H32O4/c1-6-18(4)10-14(22)19(5)11(2)7-8-20(12(3)17(18)24)9-13(21)15(23)16(19)20/h6,11-14,16-17,21-22,24H,1,7-10H2,2-5H3/t11-,12+,13+,14-,16+,17+,18-,19+,20+/m1/s1. The molecule has 0 spiro atoms. The summed E-state index contributed by atoms with van der Waals surface area (Å²) in [6.07, 6.45) is 1.89. The van der Waals surface area contributed by atoms with Gasteiger partial charge < -0.3 is 15.3 Å². The van der Waals surface area contributed by atoms with E-state index in [1.807, 2.05) is 20.8 Å². The van der Waals surface area contributed by atoms with Crippen LogP contribution in [0.3, 0.4) is 0 Å². The molecule has 0 aromatic carbocycles. The van der Waals surface area contributed by atoms with Crippen molar-refractivity contribution in [3.63, 3.8) is 0 Å². The summed E-state index contributed by atoms with van der Waals surface area (Å²) in [5, 5.41) is 32.7.